The van der Waals surface area contributed by atoms with Crippen LogP contribution >= 0.6 is 46.8 Å². The summed E-state index contributed by atoms with van der Waals surface area (Å²) in [6.45, 7) is 2.53. The lowest BCUT2D eigenvalue weighted by Crippen LogP contribution is -2.18. The van der Waals surface area contributed by atoms with E-state index in [1.807, 2.05) is 6.92 Å². The number of amides is 1. The van der Waals surface area contributed by atoms with Gasteiger partial charge in [-0.1, -0.05) is 41.7 Å². The highest BCUT2D eigenvalue weighted by atomic mass is 35.6. The second kappa shape index (κ2) is 5.36. The minimum atomic E-state index is -1.45. The number of hydrogen-bond acceptors (Lipinski definition) is 2. The quantitative estimate of drug-likeness (QED) is 0.425. The van der Waals surface area contributed by atoms with Crippen molar-refractivity contribution in [2.24, 2.45) is 0 Å². The van der Waals surface area contributed by atoms with E-state index in [0.29, 0.717) is 13.0 Å². The SMILES string of the molecule is CCCN(C=O)SC(Cl)(Cl)Cl. The summed E-state index contributed by atoms with van der Waals surface area (Å²) in [4.78, 5) is 10.3. The molecule has 0 saturated carbocycles. The maximum atomic E-state index is 10.3. The van der Waals surface area contributed by atoms with E-state index in [4.69, 9.17) is 34.8 Å². The molecule has 0 aromatic heterocycles. The van der Waals surface area contributed by atoms with E-state index >= 15 is 0 Å². The van der Waals surface area contributed by atoms with E-state index in [2.05, 4.69) is 0 Å². The van der Waals surface area contributed by atoms with Gasteiger partial charge in [0.1, 0.15) is 0 Å². The van der Waals surface area contributed by atoms with Gasteiger partial charge in [0.05, 0.1) is 0 Å². The van der Waals surface area contributed by atoms with Gasteiger partial charge in [0, 0.05) is 18.5 Å². The number of carbonyl (C=O) groups excluding carboxylic acids is 1. The van der Waals surface area contributed by atoms with Crippen LogP contribution in [-0.4, -0.2) is 20.4 Å². The molecule has 0 atom stereocenters. The highest BCUT2D eigenvalue weighted by molar-refractivity contribution is 8.02. The minimum absolute atomic E-state index is 0.585. The fourth-order valence-corrected chi connectivity index (χ4v) is 1.85. The topological polar surface area (TPSA) is 20.3 Å². The van der Waals surface area contributed by atoms with Gasteiger partial charge in [-0.25, -0.2) is 0 Å². The molecule has 0 aliphatic heterocycles. The lowest BCUT2D eigenvalue weighted by molar-refractivity contribution is -0.113. The smallest absolute Gasteiger partial charge is 0.256 e. The Morgan fingerprint density at radius 2 is 2.09 bits per heavy atom. The summed E-state index contributed by atoms with van der Waals surface area (Å²) in [5.41, 5.74) is 0. The first-order valence-corrected chi connectivity index (χ1v) is 4.88. The highest BCUT2D eigenvalue weighted by Crippen LogP contribution is 2.40. The fourth-order valence-electron chi connectivity index (χ4n) is 0.473. The molecule has 2 nitrogen and oxygen atoms in total. The predicted molar refractivity (Wildman–Crippen MR) is 50.9 cm³/mol. The van der Waals surface area contributed by atoms with Gasteiger partial charge < -0.3 is 0 Å². The van der Waals surface area contributed by atoms with Crippen LogP contribution in [0.25, 0.3) is 0 Å². The maximum absolute atomic E-state index is 10.3. The van der Waals surface area contributed by atoms with E-state index in [9.17, 15) is 4.79 Å². The van der Waals surface area contributed by atoms with Crippen LogP contribution in [0.1, 0.15) is 13.3 Å². The van der Waals surface area contributed by atoms with Gasteiger partial charge in [0.25, 0.3) is 3.12 Å². The third-order valence-electron chi connectivity index (χ3n) is 0.782. The van der Waals surface area contributed by atoms with Crippen molar-refractivity contribution >= 4 is 53.2 Å². The summed E-state index contributed by atoms with van der Waals surface area (Å²) >= 11 is 17.2. The summed E-state index contributed by atoms with van der Waals surface area (Å²) in [6.07, 6.45) is 1.49. The summed E-state index contributed by atoms with van der Waals surface area (Å²) in [5, 5.41) is 0. The fraction of sp³-hybridized carbons (Fsp3) is 0.800. The number of alkyl halides is 3. The first kappa shape index (κ1) is 11.7. The second-order valence-electron chi connectivity index (χ2n) is 1.78. The Balaban J connectivity index is 3.77. The van der Waals surface area contributed by atoms with E-state index in [1.54, 1.807) is 0 Å². The summed E-state index contributed by atoms with van der Waals surface area (Å²) in [5.74, 6) is 0. The Hall–Kier alpha value is 0.690. The first-order chi connectivity index (χ1) is 4.99. The summed E-state index contributed by atoms with van der Waals surface area (Å²) < 4.78 is -0.0942. The van der Waals surface area contributed by atoms with E-state index < -0.39 is 3.12 Å². The van der Waals surface area contributed by atoms with E-state index in [1.165, 1.54) is 4.31 Å². The molecule has 0 bridgehead atoms. The number of halogens is 3. The molecule has 0 fully saturated rings. The van der Waals surface area contributed by atoms with Crippen LogP contribution < -0.4 is 0 Å². The molecule has 0 radical (unpaired) electrons. The third kappa shape index (κ3) is 7.06. The molecule has 11 heavy (non-hydrogen) atoms. The van der Waals surface area contributed by atoms with Crippen molar-refractivity contribution in [3.05, 3.63) is 0 Å². The van der Waals surface area contributed by atoms with Crippen molar-refractivity contribution in [1.82, 2.24) is 4.31 Å². The standard InChI is InChI=1S/C5H8Cl3NOS/c1-2-3-9(4-10)11-5(6,7)8/h4H,2-3H2,1H3. The molecule has 0 aromatic rings. The predicted octanol–water partition coefficient (Wildman–Crippen LogP) is 2.83. The average Bonchev–Trinajstić information content (AvgIpc) is 1.84. The molecule has 6 heteroatoms. The molecular weight excluding hydrogens is 228 g/mol. The van der Waals surface area contributed by atoms with Gasteiger partial charge >= 0.3 is 0 Å². The summed E-state index contributed by atoms with van der Waals surface area (Å²) in [7, 11) is 0. The Morgan fingerprint density at radius 1 is 1.55 bits per heavy atom. The molecule has 0 spiro atoms. The van der Waals surface area contributed by atoms with Crippen LogP contribution in [0.2, 0.25) is 0 Å². The molecule has 0 aliphatic carbocycles. The third-order valence-corrected chi connectivity index (χ3v) is 2.11. The van der Waals surface area contributed by atoms with Crippen molar-refractivity contribution in [3.63, 3.8) is 0 Å². The highest BCUT2D eigenvalue weighted by Gasteiger charge is 2.24. The Kier molecular flexibility index (Phi) is 5.69. The van der Waals surface area contributed by atoms with Crippen LogP contribution in [0.5, 0.6) is 0 Å². The second-order valence-corrected chi connectivity index (χ2v) is 6.00. The largest absolute Gasteiger partial charge is 0.286 e. The minimum Gasteiger partial charge on any atom is -0.286 e. The van der Waals surface area contributed by atoms with Crippen LogP contribution in [0.3, 0.4) is 0 Å². The van der Waals surface area contributed by atoms with Gasteiger partial charge in [-0.05, 0) is 6.42 Å². The number of rotatable bonds is 4. The molecule has 0 unspecified atom stereocenters. The molecule has 0 aromatic carbocycles. The molecule has 66 valence electrons. The van der Waals surface area contributed by atoms with Crippen molar-refractivity contribution in [1.29, 1.82) is 0 Å². The van der Waals surface area contributed by atoms with Gasteiger partial charge in [-0.15, -0.1) is 0 Å². The molecule has 0 N–H and O–H groups in total. The molecule has 0 rings (SSSR count). The molecule has 0 saturated heterocycles. The van der Waals surface area contributed by atoms with E-state index in [-0.39, 0.29) is 0 Å². The number of carbonyl (C=O) groups is 1. The Bertz CT molecular complexity index is 127. The van der Waals surface area contributed by atoms with Gasteiger partial charge in [0.15, 0.2) is 0 Å². The normalized spacial score (nSPS) is 11.3. The Morgan fingerprint density at radius 3 is 2.36 bits per heavy atom. The van der Waals surface area contributed by atoms with Gasteiger partial charge in [-0.2, -0.15) is 0 Å². The number of nitrogens with zero attached hydrogens (tertiary/aromatic N) is 1. The zero-order valence-electron chi connectivity index (χ0n) is 5.89. The lowest BCUT2D eigenvalue weighted by Gasteiger charge is -2.19. The van der Waals surface area contributed by atoms with Crippen molar-refractivity contribution < 1.29 is 4.79 Å². The molecule has 1 amide bonds. The van der Waals surface area contributed by atoms with Gasteiger partial charge in [-0.3, -0.25) is 9.10 Å². The first-order valence-electron chi connectivity index (χ1n) is 2.97. The van der Waals surface area contributed by atoms with Crippen LogP contribution in [0, 0.1) is 0 Å². The lowest BCUT2D eigenvalue weighted by atomic mass is 10.5. The van der Waals surface area contributed by atoms with Crippen LogP contribution in [0.15, 0.2) is 0 Å². The average molecular weight is 237 g/mol. The zero-order valence-corrected chi connectivity index (χ0v) is 8.97. The van der Waals surface area contributed by atoms with Crippen molar-refractivity contribution in [2.45, 2.75) is 16.5 Å². The monoisotopic (exact) mass is 235 g/mol. The van der Waals surface area contributed by atoms with Crippen LogP contribution in [0.4, 0.5) is 0 Å². The van der Waals surface area contributed by atoms with Gasteiger partial charge in [0.2, 0.25) is 6.41 Å². The molecular formula is C5H8Cl3NOS. The van der Waals surface area contributed by atoms with E-state index in [0.717, 1.165) is 18.4 Å². The van der Waals surface area contributed by atoms with Crippen molar-refractivity contribution in [3.8, 4) is 0 Å². The van der Waals surface area contributed by atoms with Crippen LogP contribution in [-0.2, 0) is 4.79 Å². The maximum Gasteiger partial charge on any atom is 0.256 e. The number of hydrogen-bond donors (Lipinski definition) is 0. The molecule has 0 heterocycles. The zero-order chi connectivity index (χ0) is 8.91. The summed E-state index contributed by atoms with van der Waals surface area (Å²) in [6, 6.07) is 0. The van der Waals surface area contributed by atoms with Crippen molar-refractivity contribution in [2.75, 3.05) is 6.54 Å². The Labute approximate surface area is 85.3 Å². The molecule has 0 aliphatic rings.